The van der Waals surface area contributed by atoms with Crippen LogP contribution in [-0.2, 0) is 4.79 Å². The van der Waals surface area contributed by atoms with Crippen LogP contribution in [0.25, 0.3) is 0 Å². The molecule has 2 N–H and O–H groups in total. The maximum atomic E-state index is 12.7. The number of carbonyl (C=O) groups excluding carboxylic acids is 1. The quantitative estimate of drug-likeness (QED) is 0.780. The molecular weight excluding hydrogens is 352 g/mol. The van der Waals surface area contributed by atoms with Gasteiger partial charge in [-0.25, -0.2) is 0 Å². The van der Waals surface area contributed by atoms with Gasteiger partial charge in [-0.15, -0.1) is 0 Å². The summed E-state index contributed by atoms with van der Waals surface area (Å²) < 4.78 is 11.7. The van der Waals surface area contributed by atoms with E-state index in [2.05, 4.69) is 6.07 Å². The third kappa shape index (κ3) is 3.66. The highest BCUT2D eigenvalue weighted by molar-refractivity contribution is 5.97. The van der Waals surface area contributed by atoms with Crippen molar-refractivity contribution in [2.24, 2.45) is 0 Å². The van der Waals surface area contributed by atoms with Gasteiger partial charge < -0.3 is 20.1 Å². The second-order valence-corrected chi connectivity index (χ2v) is 7.88. The first kappa shape index (κ1) is 18.7. The molecule has 1 saturated carbocycles. The summed E-state index contributed by atoms with van der Waals surface area (Å²) in [7, 11) is 1.67. The van der Waals surface area contributed by atoms with E-state index in [1.54, 1.807) is 7.11 Å². The van der Waals surface area contributed by atoms with Crippen LogP contribution in [-0.4, -0.2) is 25.7 Å². The van der Waals surface area contributed by atoms with Crippen molar-refractivity contribution in [3.05, 3.63) is 47.5 Å². The first-order valence-corrected chi connectivity index (χ1v) is 10.1. The van der Waals surface area contributed by atoms with Crippen molar-refractivity contribution in [2.75, 3.05) is 24.3 Å². The summed E-state index contributed by atoms with van der Waals surface area (Å²) >= 11 is 0. The minimum atomic E-state index is 0.127. The Morgan fingerprint density at radius 1 is 1.07 bits per heavy atom. The lowest BCUT2D eigenvalue weighted by atomic mass is 9.98. The molecule has 5 nitrogen and oxygen atoms in total. The van der Waals surface area contributed by atoms with E-state index in [0.717, 1.165) is 41.2 Å². The second kappa shape index (κ2) is 7.74. The molecular formula is C23H28N2O3. The molecule has 0 aromatic heterocycles. The van der Waals surface area contributed by atoms with E-state index < -0.39 is 0 Å². The first-order valence-electron chi connectivity index (χ1n) is 10.1. The highest BCUT2D eigenvalue weighted by Gasteiger charge is 2.32. The molecule has 1 atom stereocenters. The Labute approximate surface area is 166 Å². The summed E-state index contributed by atoms with van der Waals surface area (Å²) in [5, 5.41) is 0. The predicted molar refractivity (Wildman–Crippen MR) is 111 cm³/mol. The minimum absolute atomic E-state index is 0.127. The van der Waals surface area contributed by atoms with Crippen LogP contribution >= 0.6 is 0 Å². The van der Waals surface area contributed by atoms with Crippen LogP contribution < -0.4 is 20.1 Å². The van der Waals surface area contributed by atoms with Crippen molar-refractivity contribution in [2.45, 2.75) is 51.0 Å². The third-order valence-corrected chi connectivity index (χ3v) is 5.95. The number of methoxy groups -OCH3 is 1. The number of amides is 1. The number of rotatable bonds is 5. The van der Waals surface area contributed by atoms with Crippen molar-refractivity contribution in [3.8, 4) is 11.5 Å². The lowest BCUT2D eigenvalue weighted by Crippen LogP contribution is -2.24. The SMILES string of the molecule is COc1ccc(C2CC(=O)N(c3ccc(C)c(N)c3)C2)cc1OC1CCCC1. The normalized spacial score (nSPS) is 20.0. The molecule has 2 aromatic rings. The molecule has 0 bridgehead atoms. The van der Waals surface area contributed by atoms with Gasteiger partial charge in [-0.3, -0.25) is 4.79 Å². The highest BCUT2D eigenvalue weighted by Crippen LogP contribution is 2.38. The average molecular weight is 380 g/mol. The molecule has 28 heavy (non-hydrogen) atoms. The van der Waals surface area contributed by atoms with Crippen LogP contribution in [0.15, 0.2) is 36.4 Å². The molecule has 1 aliphatic carbocycles. The molecule has 2 aliphatic rings. The number of aryl methyl sites for hydroxylation is 1. The smallest absolute Gasteiger partial charge is 0.227 e. The van der Waals surface area contributed by atoms with Crippen LogP contribution in [0, 0.1) is 6.92 Å². The van der Waals surface area contributed by atoms with E-state index in [1.807, 2.05) is 42.2 Å². The van der Waals surface area contributed by atoms with Gasteiger partial charge >= 0.3 is 0 Å². The van der Waals surface area contributed by atoms with Crippen molar-refractivity contribution in [1.29, 1.82) is 0 Å². The van der Waals surface area contributed by atoms with Crippen LogP contribution in [0.4, 0.5) is 11.4 Å². The van der Waals surface area contributed by atoms with Crippen molar-refractivity contribution < 1.29 is 14.3 Å². The second-order valence-electron chi connectivity index (χ2n) is 7.88. The summed E-state index contributed by atoms with van der Waals surface area (Å²) in [6, 6.07) is 11.9. The van der Waals surface area contributed by atoms with Gasteiger partial charge in [-0.2, -0.15) is 0 Å². The van der Waals surface area contributed by atoms with Crippen LogP contribution in [0.3, 0.4) is 0 Å². The molecule has 148 valence electrons. The molecule has 1 amide bonds. The lowest BCUT2D eigenvalue weighted by molar-refractivity contribution is -0.117. The third-order valence-electron chi connectivity index (χ3n) is 5.95. The van der Waals surface area contributed by atoms with Crippen molar-refractivity contribution in [1.82, 2.24) is 0 Å². The molecule has 2 aromatic carbocycles. The summed E-state index contributed by atoms with van der Waals surface area (Å²) in [5.41, 5.74) is 9.76. The maximum Gasteiger partial charge on any atom is 0.227 e. The summed E-state index contributed by atoms with van der Waals surface area (Å²) in [5.74, 6) is 1.80. The molecule has 5 heteroatoms. The van der Waals surface area contributed by atoms with E-state index in [9.17, 15) is 4.79 Å². The topological polar surface area (TPSA) is 64.8 Å². The zero-order valence-corrected chi connectivity index (χ0v) is 16.6. The van der Waals surface area contributed by atoms with Gasteiger partial charge in [0.05, 0.1) is 13.2 Å². The van der Waals surface area contributed by atoms with Crippen LogP contribution in [0.5, 0.6) is 11.5 Å². The van der Waals surface area contributed by atoms with Gasteiger partial charge in [0.1, 0.15) is 0 Å². The zero-order chi connectivity index (χ0) is 19.7. The molecule has 1 aliphatic heterocycles. The van der Waals surface area contributed by atoms with E-state index in [0.29, 0.717) is 18.7 Å². The highest BCUT2D eigenvalue weighted by atomic mass is 16.5. The van der Waals surface area contributed by atoms with Gasteiger partial charge in [0.25, 0.3) is 0 Å². The van der Waals surface area contributed by atoms with Gasteiger partial charge in [0.2, 0.25) is 5.91 Å². The Hall–Kier alpha value is -2.69. The predicted octanol–water partition coefficient (Wildman–Crippen LogP) is 4.43. The number of nitrogen functional groups attached to an aromatic ring is 1. The zero-order valence-electron chi connectivity index (χ0n) is 16.6. The van der Waals surface area contributed by atoms with Gasteiger partial charge in [0.15, 0.2) is 11.5 Å². The Balaban J connectivity index is 1.55. The number of hydrogen-bond acceptors (Lipinski definition) is 4. The Kier molecular flexibility index (Phi) is 5.16. The fourth-order valence-electron chi connectivity index (χ4n) is 4.20. The van der Waals surface area contributed by atoms with E-state index in [1.165, 1.54) is 12.8 Å². The molecule has 4 rings (SSSR count). The van der Waals surface area contributed by atoms with Crippen molar-refractivity contribution >= 4 is 17.3 Å². The number of benzene rings is 2. The number of nitrogens with zero attached hydrogens (tertiary/aromatic N) is 1. The first-order chi connectivity index (χ1) is 13.5. The molecule has 2 fully saturated rings. The minimum Gasteiger partial charge on any atom is -0.493 e. The largest absolute Gasteiger partial charge is 0.493 e. The van der Waals surface area contributed by atoms with Crippen LogP contribution in [0.1, 0.15) is 49.1 Å². The maximum absolute atomic E-state index is 12.7. The number of nitrogens with two attached hydrogens (primary N) is 1. The Morgan fingerprint density at radius 2 is 1.86 bits per heavy atom. The standard InChI is InChI=1S/C23H28N2O3/c1-15-7-9-18(13-20(15)24)25-14-17(12-23(25)26)16-8-10-21(27-2)22(11-16)28-19-5-3-4-6-19/h7-11,13,17,19H,3-6,12,14,24H2,1-2H3. The van der Waals surface area contributed by atoms with Crippen molar-refractivity contribution in [3.63, 3.8) is 0 Å². The summed E-state index contributed by atoms with van der Waals surface area (Å²) in [6.45, 7) is 2.62. The number of ether oxygens (including phenoxy) is 2. The van der Waals surface area contributed by atoms with Gasteiger partial charge in [-0.05, 0) is 68.0 Å². The number of hydrogen-bond donors (Lipinski definition) is 1. The van der Waals surface area contributed by atoms with E-state index >= 15 is 0 Å². The Morgan fingerprint density at radius 3 is 2.57 bits per heavy atom. The Bertz CT molecular complexity index is 874. The molecule has 0 spiro atoms. The summed E-state index contributed by atoms with van der Waals surface area (Å²) in [6.07, 6.45) is 5.39. The van der Waals surface area contributed by atoms with Gasteiger partial charge in [0, 0.05) is 30.3 Å². The number of carbonyl (C=O) groups is 1. The molecule has 0 radical (unpaired) electrons. The number of anilines is 2. The van der Waals surface area contributed by atoms with E-state index in [-0.39, 0.29) is 17.9 Å². The van der Waals surface area contributed by atoms with Gasteiger partial charge in [-0.1, -0.05) is 12.1 Å². The molecule has 1 saturated heterocycles. The monoisotopic (exact) mass is 380 g/mol. The molecule has 1 unspecified atom stereocenters. The van der Waals surface area contributed by atoms with E-state index in [4.69, 9.17) is 15.2 Å². The summed E-state index contributed by atoms with van der Waals surface area (Å²) in [4.78, 5) is 14.5. The van der Waals surface area contributed by atoms with Crippen LogP contribution in [0.2, 0.25) is 0 Å². The lowest BCUT2D eigenvalue weighted by Gasteiger charge is -2.20. The average Bonchev–Trinajstić information content (AvgIpc) is 3.33. The fraction of sp³-hybridized carbons (Fsp3) is 0.435. The molecule has 1 heterocycles. The fourth-order valence-corrected chi connectivity index (χ4v) is 4.20.